The summed E-state index contributed by atoms with van der Waals surface area (Å²) in [6, 6.07) is 15.3. The standard InChI is InChI=1S/C27H35N3O2/c1-18-15-26(29-23-10-6-4-5-7-11-23)25-17-22(13-14-27(25)30(18)20(3)32)21-9-8-12-24(16-21)28-19(2)31/h8-9,12-14,16-18,23,26,29H,4-7,10-11,15H2,1-3H3,(H,28,31). The van der Waals surface area contributed by atoms with Crippen LogP contribution in [0.4, 0.5) is 11.4 Å². The Morgan fingerprint density at radius 2 is 1.66 bits per heavy atom. The minimum atomic E-state index is -0.0775. The molecule has 0 saturated heterocycles. The van der Waals surface area contributed by atoms with Crippen molar-refractivity contribution in [2.75, 3.05) is 10.2 Å². The molecule has 1 aliphatic carbocycles. The van der Waals surface area contributed by atoms with Gasteiger partial charge in [0.2, 0.25) is 11.8 Å². The van der Waals surface area contributed by atoms with Crippen molar-refractivity contribution in [2.45, 2.75) is 83.8 Å². The van der Waals surface area contributed by atoms with Gasteiger partial charge in [-0.2, -0.15) is 0 Å². The molecule has 2 aromatic rings. The molecule has 1 aliphatic heterocycles. The average Bonchev–Trinajstić information content (AvgIpc) is 3.01. The average molecular weight is 434 g/mol. The van der Waals surface area contributed by atoms with Crippen molar-refractivity contribution in [3.05, 3.63) is 48.0 Å². The normalized spacial score (nSPS) is 21.5. The Labute approximate surface area is 191 Å². The van der Waals surface area contributed by atoms with Crippen LogP contribution < -0.4 is 15.5 Å². The lowest BCUT2D eigenvalue weighted by atomic mass is 9.88. The Morgan fingerprint density at radius 3 is 2.34 bits per heavy atom. The fraction of sp³-hybridized carbons (Fsp3) is 0.481. The second kappa shape index (κ2) is 9.86. The molecule has 0 bridgehead atoms. The highest BCUT2D eigenvalue weighted by molar-refractivity contribution is 5.94. The fourth-order valence-electron chi connectivity index (χ4n) is 5.39. The molecule has 1 saturated carbocycles. The van der Waals surface area contributed by atoms with E-state index in [1.807, 2.05) is 23.1 Å². The highest BCUT2D eigenvalue weighted by atomic mass is 16.2. The Bertz CT molecular complexity index is 979. The van der Waals surface area contributed by atoms with Crippen LogP contribution in [0.1, 0.15) is 77.3 Å². The number of rotatable bonds is 4. The van der Waals surface area contributed by atoms with E-state index in [4.69, 9.17) is 0 Å². The summed E-state index contributed by atoms with van der Waals surface area (Å²) in [4.78, 5) is 25.9. The first-order valence-electron chi connectivity index (χ1n) is 12.0. The zero-order valence-electron chi connectivity index (χ0n) is 19.5. The van der Waals surface area contributed by atoms with Gasteiger partial charge in [-0.05, 0) is 67.1 Å². The lowest BCUT2D eigenvalue weighted by molar-refractivity contribution is -0.117. The van der Waals surface area contributed by atoms with Gasteiger partial charge in [-0.3, -0.25) is 9.59 Å². The maximum absolute atomic E-state index is 12.5. The summed E-state index contributed by atoms with van der Waals surface area (Å²) in [5.74, 6) is 0.0124. The molecule has 170 valence electrons. The largest absolute Gasteiger partial charge is 0.326 e. The molecule has 2 aromatic carbocycles. The Hall–Kier alpha value is -2.66. The van der Waals surface area contributed by atoms with E-state index in [0.717, 1.165) is 28.9 Å². The van der Waals surface area contributed by atoms with Gasteiger partial charge in [-0.15, -0.1) is 0 Å². The van der Waals surface area contributed by atoms with Crippen LogP contribution in [0, 0.1) is 0 Å². The number of fused-ring (bicyclic) bond motifs is 1. The highest BCUT2D eigenvalue weighted by Gasteiger charge is 2.33. The second-order valence-corrected chi connectivity index (χ2v) is 9.42. The molecule has 2 atom stereocenters. The maximum atomic E-state index is 12.5. The molecule has 5 nitrogen and oxygen atoms in total. The van der Waals surface area contributed by atoms with Gasteiger partial charge in [0, 0.05) is 43.3 Å². The van der Waals surface area contributed by atoms with Crippen molar-refractivity contribution in [3.8, 4) is 11.1 Å². The number of amides is 2. The van der Waals surface area contributed by atoms with E-state index in [9.17, 15) is 9.59 Å². The zero-order chi connectivity index (χ0) is 22.7. The Balaban J connectivity index is 1.70. The van der Waals surface area contributed by atoms with Gasteiger partial charge in [0.05, 0.1) is 0 Å². The number of nitrogens with zero attached hydrogens (tertiary/aromatic N) is 1. The molecule has 1 heterocycles. The third kappa shape index (κ3) is 5.04. The molecule has 2 amide bonds. The lowest BCUT2D eigenvalue weighted by Gasteiger charge is -2.40. The zero-order valence-corrected chi connectivity index (χ0v) is 19.5. The van der Waals surface area contributed by atoms with Gasteiger partial charge in [0.25, 0.3) is 0 Å². The van der Waals surface area contributed by atoms with Crippen molar-refractivity contribution in [2.24, 2.45) is 0 Å². The summed E-state index contributed by atoms with van der Waals surface area (Å²) >= 11 is 0. The van der Waals surface area contributed by atoms with E-state index in [-0.39, 0.29) is 23.9 Å². The summed E-state index contributed by atoms with van der Waals surface area (Å²) in [6.45, 7) is 5.33. The first kappa shape index (κ1) is 22.5. The van der Waals surface area contributed by atoms with Crippen LogP contribution in [-0.4, -0.2) is 23.9 Å². The molecule has 0 aromatic heterocycles. The first-order chi connectivity index (χ1) is 15.4. The smallest absolute Gasteiger partial charge is 0.224 e. The van der Waals surface area contributed by atoms with Gasteiger partial charge < -0.3 is 15.5 Å². The van der Waals surface area contributed by atoms with Crippen molar-refractivity contribution in [1.29, 1.82) is 0 Å². The molecule has 2 unspecified atom stereocenters. The number of benzene rings is 2. The maximum Gasteiger partial charge on any atom is 0.224 e. The molecular formula is C27H35N3O2. The summed E-state index contributed by atoms with van der Waals surface area (Å²) < 4.78 is 0. The van der Waals surface area contributed by atoms with Crippen LogP contribution in [0.15, 0.2) is 42.5 Å². The molecule has 32 heavy (non-hydrogen) atoms. The summed E-state index contributed by atoms with van der Waals surface area (Å²) in [5.41, 5.74) is 5.16. The molecular weight excluding hydrogens is 398 g/mol. The SMILES string of the molecule is CC(=O)Nc1cccc(-c2ccc3c(c2)C(NC2CCCCCC2)CC(C)N3C(C)=O)c1. The quantitative estimate of drug-likeness (QED) is 0.598. The van der Waals surface area contributed by atoms with Crippen molar-refractivity contribution in [1.82, 2.24) is 5.32 Å². The van der Waals surface area contributed by atoms with E-state index in [2.05, 4.69) is 41.8 Å². The third-order valence-corrected chi connectivity index (χ3v) is 6.83. The Morgan fingerprint density at radius 1 is 0.938 bits per heavy atom. The van der Waals surface area contributed by atoms with E-state index < -0.39 is 0 Å². The van der Waals surface area contributed by atoms with Gasteiger partial charge in [-0.1, -0.05) is 43.9 Å². The summed E-state index contributed by atoms with van der Waals surface area (Å²) in [5, 5.41) is 6.83. The minimum Gasteiger partial charge on any atom is -0.326 e. The molecule has 0 radical (unpaired) electrons. The molecule has 2 aliphatic rings. The van der Waals surface area contributed by atoms with E-state index in [1.54, 1.807) is 6.92 Å². The number of carbonyl (C=O) groups excluding carboxylic acids is 2. The molecule has 1 fully saturated rings. The van der Waals surface area contributed by atoms with E-state index in [1.165, 1.54) is 51.0 Å². The van der Waals surface area contributed by atoms with Crippen LogP contribution in [-0.2, 0) is 9.59 Å². The van der Waals surface area contributed by atoms with Gasteiger partial charge in [0.1, 0.15) is 0 Å². The first-order valence-corrected chi connectivity index (χ1v) is 12.0. The van der Waals surface area contributed by atoms with Crippen LogP contribution in [0.5, 0.6) is 0 Å². The van der Waals surface area contributed by atoms with Gasteiger partial charge in [-0.25, -0.2) is 0 Å². The Kier molecular flexibility index (Phi) is 6.95. The molecule has 2 N–H and O–H groups in total. The van der Waals surface area contributed by atoms with E-state index >= 15 is 0 Å². The summed E-state index contributed by atoms with van der Waals surface area (Å²) in [6.07, 6.45) is 8.64. The number of nitrogens with one attached hydrogen (secondary N) is 2. The van der Waals surface area contributed by atoms with Crippen LogP contribution >= 0.6 is 0 Å². The van der Waals surface area contributed by atoms with Crippen LogP contribution in [0.25, 0.3) is 11.1 Å². The number of carbonyl (C=O) groups is 2. The fourth-order valence-corrected chi connectivity index (χ4v) is 5.39. The highest BCUT2D eigenvalue weighted by Crippen LogP contribution is 2.40. The molecule has 4 rings (SSSR count). The number of hydrogen-bond donors (Lipinski definition) is 2. The topological polar surface area (TPSA) is 61.4 Å². The number of hydrogen-bond acceptors (Lipinski definition) is 3. The predicted octanol–water partition coefficient (Wildman–Crippen LogP) is 5.81. The van der Waals surface area contributed by atoms with Crippen molar-refractivity contribution in [3.63, 3.8) is 0 Å². The van der Waals surface area contributed by atoms with E-state index in [0.29, 0.717) is 6.04 Å². The lowest BCUT2D eigenvalue weighted by Crippen LogP contribution is -2.46. The van der Waals surface area contributed by atoms with Crippen molar-refractivity contribution < 1.29 is 9.59 Å². The molecule has 0 spiro atoms. The van der Waals surface area contributed by atoms with Gasteiger partial charge >= 0.3 is 0 Å². The summed E-state index contributed by atoms with van der Waals surface area (Å²) in [7, 11) is 0. The van der Waals surface area contributed by atoms with Crippen LogP contribution in [0.2, 0.25) is 0 Å². The molecule has 5 heteroatoms. The van der Waals surface area contributed by atoms with Crippen molar-refractivity contribution >= 4 is 23.2 Å². The predicted molar refractivity (Wildman–Crippen MR) is 131 cm³/mol. The van der Waals surface area contributed by atoms with Gasteiger partial charge in [0.15, 0.2) is 0 Å². The monoisotopic (exact) mass is 433 g/mol. The van der Waals surface area contributed by atoms with Crippen LogP contribution in [0.3, 0.4) is 0 Å². The second-order valence-electron chi connectivity index (χ2n) is 9.42. The number of anilines is 2. The minimum absolute atomic E-state index is 0.0775. The third-order valence-electron chi connectivity index (χ3n) is 6.83.